The molecule has 0 N–H and O–H groups in total. The smallest absolute Gasteiger partial charge is 0.257 e. The minimum atomic E-state index is -0.0381. The van der Waals surface area contributed by atoms with Gasteiger partial charge in [-0.1, -0.05) is 0 Å². The zero-order chi connectivity index (χ0) is 17.4. The largest absolute Gasteiger partial charge is 0.372 e. The molecule has 2 aromatic rings. The highest BCUT2D eigenvalue weighted by Gasteiger charge is 2.42. The van der Waals surface area contributed by atoms with E-state index in [2.05, 4.69) is 25.9 Å². The van der Waals surface area contributed by atoms with Crippen molar-refractivity contribution in [1.82, 2.24) is 19.9 Å². The average molecular weight is 339 g/mol. The molecular weight excluding hydrogens is 318 g/mol. The standard InChI is InChI=1S/C18H21N5O2/c1-12-7-15(3-4-19-12)23-5-6-25-17-11-22(10-16(17)23)18(24)14-8-20-13(2)21-9-14/h3-4,7-9,16-17H,5-6,10-11H2,1-2H3/t16-,17-/m0/s1. The zero-order valence-corrected chi connectivity index (χ0v) is 14.4. The number of carbonyl (C=O) groups excluding carboxylic acids is 1. The molecule has 2 saturated heterocycles. The fourth-order valence-electron chi connectivity index (χ4n) is 3.57. The molecule has 25 heavy (non-hydrogen) atoms. The first-order chi connectivity index (χ1) is 12.1. The molecule has 7 nitrogen and oxygen atoms in total. The summed E-state index contributed by atoms with van der Waals surface area (Å²) in [5, 5.41) is 0. The molecule has 2 aliphatic rings. The number of fused-ring (bicyclic) bond motifs is 1. The Morgan fingerprint density at radius 3 is 2.76 bits per heavy atom. The SMILES string of the molecule is Cc1cc(N2CCO[C@H]3CN(C(=O)c4cnc(C)nc4)C[C@@H]32)ccn1. The molecular formula is C18H21N5O2. The van der Waals surface area contributed by atoms with Crippen molar-refractivity contribution in [3.05, 3.63) is 47.8 Å². The summed E-state index contributed by atoms with van der Waals surface area (Å²) in [6.45, 7) is 6.51. The van der Waals surface area contributed by atoms with Gasteiger partial charge in [0, 0.05) is 49.6 Å². The number of pyridine rings is 1. The van der Waals surface area contributed by atoms with Gasteiger partial charge in [-0.3, -0.25) is 9.78 Å². The molecule has 4 heterocycles. The van der Waals surface area contributed by atoms with Gasteiger partial charge in [0.1, 0.15) is 5.82 Å². The lowest BCUT2D eigenvalue weighted by molar-refractivity contribution is 0.0302. The molecule has 2 atom stereocenters. The molecule has 4 rings (SSSR count). The summed E-state index contributed by atoms with van der Waals surface area (Å²) in [6.07, 6.45) is 5.04. The van der Waals surface area contributed by atoms with Crippen molar-refractivity contribution in [2.45, 2.75) is 26.0 Å². The molecule has 2 fully saturated rings. The molecule has 2 aromatic heterocycles. The zero-order valence-electron chi connectivity index (χ0n) is 14.4. The molecule has 0 spiro atoms. The van der Waals surface area contributed by atoms with Gasteiger partial charge >= 0.3 is 0 Å². The third kappa shape index (κ3) is 3.07. The molecule has 0 unspecified atom stereocenters. The van der Waals surface area contributed by atoms with Crippen LogP contribution in [0, 0.1) is 13.8 Å². The number of nitrogens with zero attached hydrogens (tertiary/aromatic N) is 5. The Bertz CT molecular complexity index is 779. The van der Waals surface area contributed by atoms with E-state index >= 15 is 0 Å². The van der Waals surface area contributed by atoms with E-state index in [0.29, 0.717) is 31.1 Å². The lowest BCUT2D eigenvalue weighted by Gasteiger charge is -2.38. The molecule has 0 bridgehead atoms. The summed E-state index contributed by atoms with van der Waals surface area (Å²) in [5.41, 5.74) is 2.65. The number of hydrogen-bond acceptors (Lipinski definition) is 6. The molecule has 130 valence electrons. The van der Waals surface area contributed by atoms with Gasteiger partial charge in [0.2, 0.25) is 0 Å². The highest BCUT2D eigenvalue weighted by atomic mass is 16.5. The van der Waals surface area contributed by atoms with Crippen LogP contribution >= 0.6 is 0 Å². The van der Waals surface area contributed by atoms with Crippen molar-refractivity contribution in [2.75, 3.05) is 31.1 Å². The maximum atomic E-state index is 12.8. The van der Waals surface area contributed by atoms with Crippen LogP contribution in [0.25, 0.3) is 0 Å². The summed E-state index contributed by atoms with van der Waals surface area (Å²) >= 11 is 0. The third-order valence-electron chi connectivity index (χ3n) is 4.83. The second-order valence-electron chi connectivity index (χ2n) is 6.55. The predicted octanol–water partition coefficient (Wildman–Crippen LogP) is 1.22. The number of anilines is 1. The first kappa shape index (κ1) is 16.0. The van der Waals surface area contributed by atoms with Gasteiger partial charge < -0.3 is 14.5 Å². The molecule has 1 amide bonds. The van der Waals surface area contributed by atoms with Crippen LogP contribution in [0.1, 0.15) is 21.9 Å². The minimum absolute atomic E-state index is 0.0255. The molecule has 0 aliphatic carbocycles. The highest BCUT2D eigenvalue weighted by molar-refractivity contribution is 5.94. The minimum Gasteiger partial charge on any atom is -0.372 e. The van der Waals surface area contributed by atoms with Crippen LogP contribution in [0.5, 0.6) is 0 Å². The van der Waals surface area contributed by atoms with Crippen molar-refractivity contribution in [2.24, 2.45) is 0 Å². The van der Waals surface area contributed by atoms with Gasteiger partial charge in [-0.2, -0.15) is 0 Å². The molecule has 2 aliphatic heterocycles. The summed E-state index contributed by atoms with van der Waals surface area (Å²) in [5.74, 6) is 0.623. The average Bonchev–Trinajstić information content (AvgIpc) is 3.06. The van der Waals surface area contributed by atoms with E-state index in [1.54, 1.807) is 19.3 Å². The number of amides is 1. The van der Waals surface area contributed by atoms with Crippen LogP contribution in [0.15, 0.2) is 30.7 Å². The lowest BCUT2D eigenvalue weighted by atomic mass is 10.1. The van der Waals surface area contributed by atoms with Crippen LogP contribution in [0.2, 0.25) is 0 Å². The maximum absolute atomic E-state index is 12.8. The number of carbonyl (C=O) groups is 1. The maximum Gasteiger partial charge on any atom is 0.257 e. The van der Waals surface area contributed by atoms with Crippen LogP contribution in [0.4, 0.5) is 5.69 Å². The van der Waals surface area contributed by atoms with E-state index in [0.717, 1.165) is 17.9 Å². The fraction of sp³-hybridized carbons (Fsp3) is 0.444. The molecule has 0 saturated carbocycles. The number of aryl methyl sites for hydroxylation is 2. The highest BCUT2D eigenvalue weighted by Crippen LogP contribution is 2.28. The van der Waals surface area contributed by atoms with Crippen molar-refractivity contribution >= 4 is 11.6 Å². The van der Waals surface area contributed by atoms with Crippen molar-refractivity contribution < 1.29 is 9.53 Å². The Morgan fingerprint density at radius 2 is 2.00 bits per heavy atom. The van der Waals surface area contributed by atoms with E-state index in [9.17, 15) is 4.79 Å². The van der Waals surface area contributed by atoms with E-state index in [1.807, 2.05) is 24.1 Å². The number of ether oxygens (including phenoxy) is 1. The summed E-state index contributed by atoms with van der Waals surface area (Å²) < 4.78 is 5.94. The number of hydrogen-bond donors (Lipinski definition) is 0. The van der Waals surface area contributed by atoms with Gasteiger partial charge in [0.05, 0.1) is 24.3 Å². The quantitative estimate of drug-likeness (QED) is 0.819. The van der Waals surface area contributed by atoms with Crippen LogP contribution in [-0.4, -0.2) is 64.1 Å². The van der Waals surface area contributed by atoms with Gasteiger partial charge in [0.15, 0.2) is 0 Å². The Balaban J connectivity index is 1.54. The van der Waals surface area contributed by atoms with E-state index < -0.39 is 0 Å². The second kappa shape index (κ2) is 6.40. The Hall–Kier alpha value is -2.54. The summed E-state index contributed by atoms with van der Waals surface area (Å²) in [6, 6.07) is 4.26. The normalized spacial score (nSPS) is 22.8. The van der Waals surface area contributed by atoms with Crippen molar-refractivity contribution in [1.29, 1.82) is 0 Å². The van der Waals surface area contributed by atoms with Crippen LogP contribution in [-0.2, 0) is 4.74 Å². The molecule has 7 heteroatoms. The van der Waals surface area contributed by atoms with Crippen molar-refractivity contribution in [3.63, 3.8) is 0 Å². The fourth-order valence-corrected chi connectivity index (χ4v) is 3.57. The Labute approximate surface area is 146 Å². The van der Waals surface area contributed by atoms with Gasteiger partial charge in [-0.25, -0.2) is 9.97 Å². The lowest BCUT2D eigenvalue weighted by Crippen LogP contribution is -2.51. The van der Waals surface area contributed by atoms with Crippen molar-refractivity contribution in [3.8, 4) is 0 Å². The number of likely N-dealkylation sites (tertiary alicyclic amines) is 1. The topological polar surface area (TPSA) is 71.5 Å². The number of rotatable bonds is 2. The summed E-state index contributed by atoms with van der Waals surface area (Å²) in [4.78, 5) is 29.5. The third-order valence-corrected chi connectivity index (χ3v) is 4.83. The molecule has 0 radical (unpaired) electrons. The first-order valence-corrected chi connectivity index (χ1v) is 8.50. The number of aromatic nitrogens is 3. The van der Waals surface area contributed by atoms with Crippen LogP contribution < -0.4 is 4.90 Å². The van der Waals surface area contributed by atoms with Gasteiger partial charge in [-0.05, 0) is 26.0 Å². The second-order valence-corrected chi connectivity index (χ2v) is 6.55. The summed E-state index contributed by atoms with van der Waals surface area (Å²) in [7, 11) is 0. The van der Waals surface area contributed by atoms with Gasteiger partial charge in [0.25, 0.3) is 5.91 Å². The monoisotopic (exact) mass is 339 g/mol. The van der Waals surface area contributed by atoms with Crippen LogP contribution in [0.3, 0.4) is 0 Å². The van der Waals surface area contributed by atoms with Gasteiger partial charge in [-0.15, -0.1) is 0 Å². The molecule has 0 aromatic carbocycles. The Morgan fingerprint density at radius 1 is 1.20 bits per heavy atom. The number of morpholine rings is 1. The van der Waals surface area contributed by atoms with E-state index in [-0.39, 0.29) is 18.1 Å². The van der Waals surface area contributed by atoms with E-state index in [4.69, 9.17) is 4.74 Å². The Kier molecular flexibility index (Phi) is 4.09. The predicted molar refractivity (Wildman–Crippen MR) is 92.5 cm³/mol. The van der Waals surface area contributed by atoms with E-state index in [1.165, 1.54) is 0 Å². The first-order valence-electron chi connectivity index (χ1n) is 8.50.